The number of carbonyl (C=O) groups is 2. The molecule has 0 aliphatic carbocycles. The summed E-state index contributed by atoms with van der Waals surface area (Å²) in [4.78, 5) is 26.4. The molecule has 2 N–H and O–H groups in total. The third kappa shape index (κ3) is 4.87. The lowest BCUT2D eigenvalue weighted by Gasteiger charge is -2.32. The molecule has 1 aromatic heterocycles. The number of piperidine rings is 1. The normalized spacial score (nSPS) is 14.8. The molecule has 1 aromatic carbocycles. The number of nitrogens with zero attached hydrogens (tertiary/aromatic N) is 3. The van der Waals surface area contributed by atoms with Gasteiger partial charge in [0.25, 0.3) is 5.91 Å². The first-order valence-electron chi connectivity index (χ1n) is 9.42. The van der Waals surface area contributed by atoms with Crippen molar-refractivity contribution >= 4 is 17.6 Å². The first-order chi connectivity index (χ1) is 13.0. The number of carbonyl (C=O) groups excluding carboxylic acids is 2. The minimum atomic E-state index is -0.0926. The summed E-state index contributed by atoms with van der Waals surface area (Å²) in [5.74, 6) is 0.435. The SMILES string of the molecule is Cc1ccccc1NC(=O)N1CCC(CCNC(=O)c2ccnn2C)CC1. The van der Waals surface area contributed by atoms with Crippen molar-refractivity contribution in [1.82, 2.24) is 20.0 Å². The van der Waals surface area contributed by atoms with E-state index in [1.807, 2.05) is 36.1 Å². The van der Waals surface area contributed by atoms with E-state index in [-0.39, 0.29) is 11.9 Å². The number of aromatic nitrogens is 2. The monoisotopic (exact) mass is 369 g/mol. The maximum absolute atomic E-state index is 12.4. The molecule has 7 nitrogen and oxygen atoms in total. The molecule has 0 spiro atoms. The van der Waals surface area contributed by atoms with Gasteiger partial charge in [0.05, 0.1) is 0 Å². The molecular weight excluding hydrogens is 342 g/mol. The van der Waals surface area contributed by atoms with Crippen LogP contribution in [0.15, 0.2) is 36.5 Å². The van der Waals surface area contributed by atoms with Crippen LogP contribution >= 0.6 is 0 Å². The average molecular weight is 369 g/mol. The van der Waals surface area contributed by atoms with E-state index in [2.05, 4.69) is 15.7 Å². The van der Waals surface area contributed by atoms with Crippen LogP contribution in [0, 0.1) is 12.8 Å². The van der Waals surface area contributed by atoms with Gasteiger partial charge in [-0.25, -0.2) is 4.79 Å². The van der Waals surface area contributed by atoms with Crippen molar-refractivity contribution in [1.29, 1.82) is 0 Å². The van der Waals surface area contributed by atoms with Gasteiger partial charge >= 0.3 is 6.03 Å². The summed E-state index contributed by atoms with van der Waals surface area (Å²) in [6.07, 6.45) is 4.47. The van der Waals surface area contributed by atoms with E-state index in [1.54, 1.807) is 24.0 Å². The quantitative estimate of drug-likeness (QED) is 0.851. The van der Waals surface area contributed by atoms with Gasteiger partial charge in [0, 0.05) is 38.6 Å². The molecule has 1 aliphatic rings. The zero-order chi connectivity index (χ0) is 19.2. The highest BCUT2D eigenvalue weighted by atomic mass is 16.2. The van der Waals surface area contributed by atoms with Crippen LogP contribution in [0.5, 0.6) is 0 Å². The highest BCUT2D eigenvalue weighted by Crippen LogP contribution is 2.21. The number of aryl methyl sites for hydroxylation is 2. The Kier molecular flexibility index (Phi) is 6.11. The number of hydrogen-bond acceptors (Lipinski definition) is 3. The standard InChI is InChI=1S/C20H27N5O2/c1-15-5-3-4-6-17(15)23-20(27)25-13-9-16(10-14-25)7-11-21-19(26)18-8-12-22-24(18)2/h3-6,8,12,16H,7,9-11,13-14H2,1-2H3,(H,21,26)(H,23,27). The van der Waals surface area contributed by atoms with E-state index in [9.17, 15) is 9.59 Å². The molecule has 144 valence electrons. The minimum Gasteiger partial charge on any atom is -0.351 e. The minimum absolute atomic E-state index is 0.0349. The first-order valence-corrected chi connectivity index (χ1v) is 9.42. The van der Waals surface area contributed by atoms with Gasteiger partial charge in [-0.1, -0.05) is 18.2 Å². The maximum Gasteiger partial charge on any atom is 0.321 e. The van der Waals surface area contributed by atoms with E-state index in [0.717, 1.165) is 43.6 Å². The maximum atomic E-state index is 12.4. The second-order valence-electron chi connectivity index (χ2n) is 7.06. The van der Waals surface area contributed by atoms with Gasteiger partial charge in [-0.2, -0.15) is 5.10 Å². The summed E-state index contributed by atoms with van der Waals surface area (Å²) >= 11 is 0. The molecule has 2 aromatic rings. The van der Waals surface area contributed by atoms with Gasteiger partial charge < -0.3 is 15.5 Å². The smallest absolute Gasteiger partial charge is 0.321 e. The fraction of sp³-hybridized carbons (Fsp3) is 0.450. The fourth-order valence-electron chi connectivity index (χ4n) is 3.41. The number of likely N-dealkylation sites (tertiary alicyclic amines) is 1. The van der Waals surface area contributed by atoms with Gasteiger partial charge in [-0.05, 0) is 49.8 Å². The van der Waals surface area contributed by atoms with Crippen molar-refractivity contribution in [2.45, 2.75) is 26.2 Å². The number of para-hydroxylation sites is 1. The van der Waals surface area contributed by atoms with Crippen LogP contribution in [-0.2, 0) is 7.05 Å². The second kappa shape index (κ2) is 8.70. The number of nitrogens with one attached hydrogen (secondary N) is 2. The number of anilines is 1. The molecule has 0 bridgehead atoms. The summed E-state index contributed by atoms with van der Waals surface area (Å²) in [5.41, 5.74) is 2.49. The molecule has 0 radical (unpaired) electrons. The van der Waals surface area contributed by atoms with Crippen LogP contribution in [0.25, 0.3) is 0 Å². The zero-order valence-corrected chi connectivity index (χ0v) is 15.9. The third-order valence-electron chi connectivity index (χ3n) is 5.18. The largest absolute Gasteiger partial charge is 0.351 e. The van der Waals surface area contributed by atoms with Gasteiger partial charge in [0.1, 0.15) is 5.69 Å². The van der Waals surface area contributed by atoms with Crippen LogP contribution in [0.2, 0.25) is 0 Å². The number of hydrogen-bond donors (Lipinski definition) is 2. The van der Waals surface area contributed by atoms with Crippen LogP contribution in [0.4, 0.5) is 10.5 Å². The summed E-state index contributed by atoms with van der Waals surface area (Å²) in [6.45, 7) is 4.13. The van der Waals surface area contributed by atoms with E-state index >= 15 is 0 Å². The molecule has 0 atom stereocenters. The number of urea groups is 1. The summed E-state index contributed by atoms with van der Waals surface area (Å²) < 4.78 is 1.57. The first kappa shape index (κ1) is 18.9. The van der Waals surface area contributed by atoms with Gasteiger partial charge in [-0.15, -0.1) is 0 Å². The lowest BCUT2D eigenvalue weighted by molar-refractivity contribution is 0.0940. The molecular formula is C20H27N5O2. The predicted octanol–water partition coefficient (Wildman–Crippen LogP) is 2.79. The summed E-state index contributed by atoms with van der Waals surface area (Å²) in [5, 5.41) is 9.96. The van der Waals surface area contributed by atoms with E-state index in [1.165, 1.54) is 0 Å². The highest BCUT2D eigenvalue weighted by molar-refractivity contribution is 5.92. The Morgan fingerprint density at radius 3 is 2.59 bits per heavy atom. The van der Waals surface area contributed by atoms with Crippen LogP contribution < -0.4 is 10.6 Å². The van der Waals surface area contributed by atoms with Crippen molar-refractivity contribution in [3.63, 3.8) is 0 Å². The van der Waals surface area contributed by atoms with Crippen molar-refractivity contribution in [2.24, 2.45) is 13.0 Å². The second-order valence-corrected chi connectivity index (χ2v) is 7.06. The lowest BCUT2D eigenvalue weighted by atomic mass is 9.93. The van der Waals surface area contributed by atoms with Gasteiger partial charge in [0.15, 0.2) is 0 Å². The van der Waals surface area contributed by atoms with Gasteiger partial charge in [-0.3, -0.25) is 9.48 Å². The highest BCUT2D eigenvalue weighted by Gasteiger charge is 2.23. The Morgan fingerprint density at radius 2 is 1.93 bits per heavy atom. The molecule has 1 fully saturated rings. The molecule has 7 heteroatoms. The molecule has 27 heavy (non-hydrogen) atoms. The molecule has 1 saturated heterocycles. The molecule has 0 saturated carbocycles. The average Bonchev–Trinajstić information content (AvgIpc) is 3.10. The van der Waals surface area contributed by atoms with Crippen molar-refractivity contribution in [3.8, 4) is 0 Å². The Labute approximate surface area is 159 Å². The van der Waals surface area contributed by atoms with Gasteiger partial charge in [0.2, 0.25) is 0 Å². The molecule has 3 rings (SSSR count). The van der Waals surface area contributed by atoms with Crippen molar-refractivity contribution in [3.05, 3.63) is 47.8 Å². The predicted molar refractivity (Wildman–Crippen MR) is 105 cm³/mol. The Morgan fingerprint density at radius 1 is 1.19 bits per heavy atom. The third-order valence-corrected chi connectivity index (χ3v) is 5.18. The molecule has 0 unspecified atom stereocenters. The Balaban J connectivity index is 1.39. The van der Waals surface area contributed by atoms with Crippen molar-refractivity contribution < 1.29 is 9.59 Å². The molecule has 3 amide bonds. The topological polar surface area (TPSA) is 79.3 Å². The van der Waals surface area contributed by atoms with Crippen LogP contribution in [-0.4, -0.2) is 46.3 Å². The zero-order valence-electron chi connectivity index (χ0n) is 15.9. The summed E-state index contributed by atoms with van der Waals surface area (Å²) in [6, 6.07) is 9.47. The Bertz CT molecular complexity index is 793. The van der Waals surface area contributed by atoms with E-state index < -0.39 is 0 Å². The number of amides is 3. The fourth-order valence-corrected chi connectivity index (χ4v) is 3.41. The number of benzene rings is 1. The Hall–Kier alpha value is -2.83. The van der Waals surface area contributed by atoms with Crippen LogP contribution in [0.3, 0.4) is 0 Å². The van der Waals surface area contributed by atoms with E-state index in [0.29, 0.717) is 18.2 Å². The van der Waals surface area contributed by atoms with E-state index in [4.69, 9.17) is 0 Å². The number of rotatable bonds is 5. The molecule has 2 heterocycles. The van der Waals surface area contributed by atoms with Crippen LogP contribution in [0.1, 0.15) is 35.3 Å². The lowest BCUT2D eigenvalue weighted by Crippen LogP contribution is -2.41. The summed E-state index contributed by atoms with van der Waals surface area (Å²) in [7, 11) is 1.76. The molecule has 1 aliphatic heterocycles. The van der Waals surface area contributed by atoms with Crippen molar-refractivity contribution in [2.75, 3.05) is 25.0 Å².